The van der Waals surface area contributed by atoms with Crippen LogP contribution in [0, 0.1) is 10.1 Å². The summed E-state index contributed by atoms with van der Waals surface area (Å²) in [5.41, 5.74) is 0.820. The zero-order valence-electron chi connectivity index (χ0n) is 11.9. The number of hydrogen-bond acceptors (Lipinski definition) is 5. The Morgan fingerprint density at radius 2 is 1.86 bits per heavy atom. The molecule has 21 heavy (non-hydrogen) atoms. The van der Waals surface area contributed by atoms with Gasteiger partial charge in [-0.25, -0.2) is 4.79 Å². The molecule has 0 saturated heterocycles. The Morgan fingerprint density at radius 3 is 2.38 bits per heavy atom. The zero-order valence-corrected chi connectivity index (χ0v) is 11.9. The highest BCUT2D eigenvalue weighted by molar-refractivity contribution is 5.73. The molecule has 0 aliphatic heterocycles. The van der Waals surface area contributed by atoms with Gasteiger partial charge in [-0.3, -0.25) is 10.1 Å². The van der Waals surface area contributed by atoms with Crippen LogP contribution in [0.2, 0.25) is 0 Å². The van der Waals surface area contributed by atoms with Crippen LogP contribution in [0.4, 0.5) is 10.5 Å². The van der Waals surface area contributed by atoms with Gasteiger partial charge in [-0.2, -0.15) is 9.78 Å². The first-order chi connectivity index (χ1) is 9.76. The number of nitro groups is 1. The van der Waals surface area contributed by atoms with Crippen molar-refractivity contribution >= 4 is 11.8 Å². The second kappa shape index (κ2) is 5.35. The van der Waals surface area contributed by atoms with Gasteiger partial charge in [0.1, 0.15) is 5.60 Å². The van der Waals surface area contributed by atoms with Gasteiger partial charge in [-0.1, -0.05) is 0 Å². The minimum Gasteiger partial charge on any atom is -0.442 e. The predicted octanol–water partition coefficient (Wildman–Crippen LogP) is 3.24. The Labute approximate surface area is 121 Å². The van der Waals surface area contributed by atoms with Crippen LogP contribution in [0.1, 0.15) is 20.8 Å². The number of non-ortho nitro benzene ring substituents is 1. The Balaban J connectivity index is 2.19. The molecule has 2 aromatic rings. The SMILES string of the molecule is CC(C)(C)OC(=O)n1cc(-c2ccc([N+](=O)[O-])cc2)cn1. The number of carbonyl (C=O) groups is 1. The lowest BCUT2D eigenvalue weighted by atomic mass is 10.1. The van der Waals surface area contributed by atoms with Crippen molar-refractivity contribution in [2.45, 2.75) is 26.4 Å². The van der Waals surface area contributed by atoms with Crippen LogP contribution in [0.15, 0.2) is 36.7 Å². The zero-order chi connectivity index (χ0) is 15.6. The maximum atomic E-state index is 11.8. The summed E-state index contributed by atoms with van der Waals surface area (Å²) in [6, 6.07) is 6.02. The van der Waals surface area contributed by atoms with Gasteiger partial charge in [0.15, 0.2) is 0 Å². The van der Waals surface area contributed by atoms with E-state index in [0.29, 0.717) is 5.56 Å². The molecule has 0 atom stereocenters. The Kier molecular flexibility index (Phi) is 3.75. The highest BCUT2D eigenvalue weighted by Gasteiger charge is 2.18. The van der Waals surface area contributed by atoms with Crippen LogP contribution >= 0.6 is 0 Å². The molecule has 0 amide bonds. The number of nitrogens with zero attached hydrogens (tertiary/aromatic N) is 3. The van der Waals surface area contributed by atoms with Crippen molar-refractivity contribution in [2.24, 2.45) is 0 Å². The van der Waals surface area contributed by atoms with Gasteiger partial charge in [0.05, 0.1) is 11.1 Å². The summed E-state index contributed by atoms with van der Waals surface area (Å²) in [5.74, 6) is 0. The summed E-state index contributed by atoms with van der Waals surface area (Å²) in [4.78, 5) is 22.0. The molecule has 0 saturated carbocycles. The third-order valence-corrected chi connectivity index (χ3v) is 2.57. The van der Waals surface area contributed by atoms with E-state index in [2.05, 4.69) is 5.10 Å². The van der Waals surface area contributed by atoms with Crippen LogP contribution in [-0.4, -0.2) is 26.4 Å². The van der Waals surface area contributed by atoms with Gasteiger partial charge in [0.25, 0.3) is 5.69 Å². The van der Waals surface area contributed by atoms with E-state index >= 15 is 0 Å². The lowest BCUT2D eigenvalue weighted by molar-refractivity contribution is -0.384. The minimum atomic E-state index is -0.601. The van der Waals surface area contributed by atoms with E-state index in [0.717, 1.165) is 10.2 Å². The molecule has 110 valence electrons. The van der Waals surface area contributed by atoms with Crippen LogP contribution in [0.25, 0.3) is 11.1 Å². The largest absolute Gasteiger partial charge is 0.442 e. The van der Waals surface area contributed by atoms with Crippen LogP contribution < -0.4 is 0 Å². The first-order valence-electron chi connectivity index (χ1n) is 6.29. The molecular weight excluding hydrogens is 274 g/mol. The topological polar surface area (TPSA) is 87.3 Å². The van der Waals surface area contributed by atoms with E-state index in [9.17, 15) is 14.9 Å². The van der Waals surface area contributed by atoms with E-state index in [-0.39, 0.29) is 5.69 Å². The fraction of sp³-hybridized carbons (Fsp3) is 0.286. The maximum Gasteiger partial charge on any atom is 0.435 e. The second-order valence-corrected chi connectivity index (χ2v) is 5.46. The lowest BCUT2D eigenvalue weighted by Crippen LogP contribution is -2.27. The number of hydrogen-bond donors (Lipinski definition) is 0. The summed E-state index contributed by atoms with van der Waals surface area (Å²) in [7, 11) is 0. The standard InChI is InChI=1S/C14H15N3O4/c1-14(2,3)21-13(18)16-9-11(8-15-16)10-4-6-12(7-5-10)17(19)20/h4-9H,1-3H3. The normalized spacial score (nSPS) is 11.2. The van der Waals surface area contributed by atoms with E-state index in [1.165, 1.54) is 24.5 Å². The molecule has 7 nitrogen and oxygen atoms in total. The second-order valence-electron chi connectivity index (χ2n) is 5.46. The van der Waals surface area contributed by atoms with E-state index in [4.69, 9.17) is 4.74 Å². The average Bonchev–Trinajstić information content (AvgIpc) is 2.86. The maximum absolute atomic E-state index is 11.8. The summed E-state index contributed by atoms with van der Waals surface area (Å²) in [5, 5.41) is 14.5. The van der Waals surface area contributed by atoms with E-state index in [1.807, 2.05) is 0 Å². The molecule has 1 aromatic carbocycles. The van der Waals surface area contributed by atoms with Crippen molar-refractivity contribution in [2.75, 3.05) is 0 Å². The Bertz CT molecular complexity index is 668. The van der Waals surface area contributed by atoms with Crippen molar-refractivity contribution in [1.29, 1.82) is 0 Å². The highest BCUT2D eigenvalue weighted by Crippen LogP contribution is 2.22. The first-order valence-corrected chi connectivity index (χ1v) is 6.29. The number of aromatic nitrogens is 2. The molecule has 0 aliphatic rings. The smallest absolute Gasteiger partial charge is 0.435 e. The van der Waals surface area contributed by atoms with Crippen molar-refractivity contribution in [3.8, 4) is 11.1 Å². The summed E-state index contributed by atoms with van der Waals surface area (Å²) >= 11 is 0. The summed E-state index contributed by atoms with van der Waals surface area (Å²) in [6.45, 7) is 5.31. The first kappa shape index (κ1) is 14.7. The average molecular weight is 289 g/mol. The van der Waals surface area contributed by atoms with Crippen molar-refractivity contribution in [3.05, 3.63) is 46.8 Å². The Morgan fingerprint density at radius 1 is 1.24 bits per heavy atom. The molecule has 0 spiro atoms. The number of nitro benzene ring substituents is 1. The lowest BCUT2D eigenvalue weighted by Gasteiger charge is -2.18. The van der Waals surface area contributed by atoms with Gasteiger partial charge >= 0.3 is 6.09 Å². The van der Waals surface area contributed by atoms with Crippen LogP contribution in [-0.2, 0) is 4.74 Å². The minimum absolute atomic E-state index is 0.0123. The van der Waals surface area contributed by atoms with Crippen molar-refractivity contribution < 1.29 is 14.5 Å². The third-order valence-electron chi connectivity index (χ3n) is 2.57. The van der Waals surface area contributed by atoms with Gasteiger partial charge in [-0.15, -0.1) is 0 Å². The van der Waals surface area contributed by atoms with E-state index in [1.54, 1.807) is 32.9 Å². The molecular formula is C14H15N3O4. The van der Waals surface area contributed by atoms with Gasteiger partial charge < -0.3 is 4.74 Å². The number of carbonyl (C=O) groups excluding carboxylic acids is 1. The molecule has 0 unspecified atom stereocenters. The quantitative estimate of drug-likeness (QED) is 0.625. The highest BCUT2D eigenvalue weighted by atomic mass is 16.6. The van der Waals surface area contributed by atoms with Gasteiger partial charge in [0.2, 0.25) is 0 Å². The van der Waals surface area contributed by atoms with Gasteiger partial charge in [-0.05, 0) is 38.5 Å². The molecule has 1 aromatic heterocycles. The molecule has 1 heterocycles. The molecule has 2 rings (SSSR count). The summed E-state index contributed by atoms with van der Waals surface area (Å²) in [6.07, 6.45) is 2.45. The van der Waals surface area contributed by atoms with E-state index < -0.39 is 16.6 Å². The fourth-order valence-corrected chi connectivity index (χ4v) is 1.66. The summed E-state index contributed by atoms with van der Waals surface area (Å²) < 4.78 is 6.29. The van der Waals surface area contributed by atoms with Gasteiger partial charge in [0, 0.05) is 23.9 Å². The molecule has 0 N–H and O–H groups in total. The molecule has 0 bridgehead atoms. The van der Waals surface area contributed by atoms with Crippen molar-refractivity contribution in [1.82, 2.24) is 9.78 Å². The predicted molar refractivity (Wildman–Crippen MR) is 75.9 cm³/mol. The molecule has 7 heteroatoms. The number of ether oxygens (including phenoxy) is 1. The fourth-order valence-electron chi connectivity index (χ4n) is 1.66. The van der Waals surface area contributed by atoms with Crippen molar-refractivity contribution in [3.63, 3.8) is 0 Å². The number of rotatable bonds is 2. The monoisotopic (exact) mass is 289 g/mol. The molecule has 0 aliphatic carbocycles. The number of benzene rings is 1. The van der Waals surface area contributed by atoms with Crippen LogP contribution in [0.5, 0.6) is 0 Å². The Hall–Kier alpha value is -2.70. The van der Waals surface area contributed by atoms with Crippen LogP contribution in [0.3, 0.4) is 0 Å². The molecule has 0 fully saturated rings. The third kappa shape index (κ3) is 3.65. The molecule has 0 radical (unpaired) electrons.